The zero-order chi connectivity index (χ0) is 21.4. The Balaban J connectivity index is 2.32. The van der Waals surface area contributed by atoms with Crippen molar-refractivity contribution in [2.45, 2.75) is 37.2 Å². The van der Waals surface area contributed by atoms with Crippen LogP contribution in [0.25, 0.3) is 0 Å². The van der Waals surface area contributed by atoms with Gasteiger partial charge in [-0.25, -0.2) is 8.42 Å². The van der Waals surface area contributed by atoms with Crippen LogP contribution in [0.4, 0.5) is 0 Å². The molecule has 0 saturated heterocycles. The molecule has 158 valence electrons. The van der Waals surface area contributed by atoms with E-state index < -0.39 is 22.0 Å². The number of hydrogen-bond acceptors (Lipinski definition) is 5. The van der Waals surface area contributed by atoms with Crippen LogP contribution in [0.1, 0.15) is 18.1 Å². The number of amides is 1. The molecular weight excluding hydrogens is 392 g/mol. The first-order chi connectivity index (χ1) is 13.8. The van der Waals surface area contributed by atoms with E-state index in [1.54, 1.807) is 26.0 Å². The van der Waals surface area contributed by atoms with Crippen LogP contribution < -0.4 is 14.8 Å². The number of benzene rings is 2. The van der Waals surface area contributed by atoms with Gasteiger partial charge in [-0.2, -0.15) is 4.72 Å². The van der Waals surface area contributed by atoms with Gasteiger partial charge in [-0.1, -0.05) is 36.4 Å². The molecule has 7 nitrogen and oxygen atoms in total. The summed E-state index contributed by atoms with van der Waals surface area (Å²) in [6, 6.07) is 12.9. The van der Waals surface area contributed by atoms with Crippen LogP contribution >= 0.6 is 0 Å². The molecule has 8 heteroatoms. The topological polar surface area (TPSA) is 93.7 Å². The number of carbonyl (C=O) groups excluding carboxylic acids is 1. The van der Waals surface area contributed by atoms with Crippen LogP contribution in [0.15, 0.2) is 53.4 Å². The van der Waals surface area contributed by atoms with Gasteiger partial charge in [-0.05, 0) is 43.5 Å². The standard InChI is InChI=1S/C21H28N2O5S/c1-15-10-11-19(28-4)20(12-15)29(25,26)23-18(13-17-8-6-5-7-9-17)21(24)22-16(2)14-27-3/h5-12,16,18,23H,13-14H2,1-4H3,(H,22,24). The smallest absolute Gasteiger partial charge is 0.244 e. The van der Waals surface area contributed by atoms with E-state index in [0.29, 0.717) is 6.61 Å². The van der Waals surface area contributed by atoms with E-state index in [1.807, 2.05) is 30.3 Å². The van der Waals surface area contributed by atoms with E-state index in [2.05, 4.69) is 10.0 Å². The average molecular weight is 421 g/mol. The molecule has 0 aromatic heterocycles. The quantitative estimate of drug-likeness (QED) is 0.614. The molecular formula is C21H28N2O5S. The third-order valence-electron chi connectivity index (χ3n) is 4.31. The monoisotopic (exact) mass is 420 g/mol. The normalized spacial score (nSPS) is 13.5. The van der Waals surface area contributed by atoms with E-state index in [-0.39, 0.29) is 23.1 Å². The van der Waals surface area contributed by atoms with Gasteiger partial charge in [0.2, 0.25) is 15.9 Å². The molecule has 0 bridgehead atoms. The van der Waals surface area contributed by atoms with Crippen LogP contribution in [0.5, 0.6) is 5.75 Å². The van der Waals surface area contributed by atoms with Crippen molar-refractivity contribution >= 4 is 15.9 Å². The molecule has 2 aromatic carbocycles. The lowest BCUT2D eigenvalue weighted by molar-refractivity contribution is -0.123. The first-order valence-electron chi connectivity index (χ1n) is 9.27. The van der Waals surface area contributed by atoms with Crippen molar-refractivity contribution in [2.24, 2.45) is 0 Å². The van der Waals surface area contributed by atoms with Crippen LogP contribution in [0, 0.1) is 6.92 Å². The van der Waals surface area contributed by atoms with Crippen molar-refractivity contribution < 1.29 is 22.7 Å². The van der Waals surface area contributed by atoms with Crippen molar-refractivity contribution in [2.75, 3.05) is 20.8 Å². The van der Waals surface area contributed by atoms with Gasteiger partial charge in [-0.15, -0.1) is 0 Å². The summed E-state index contributed by atoms with van der Waals surface area (Å²) >= 11 is 0. The SMILES string of the molecule is COCC(C)NC(=O)C(Cc1ccccc1)NS(=O)(=O)c1cc(C)ccc1OC. The second-order valence-corrected chi connectivity index (χ2v) is 8.57. The average Bonchev–Trinajstić information content (AvgIpc) is 2.68. The minimum atomic E-state index is -4.01. The van der Waals surface area contributed by atoms with Gasteiger partial charge < -0.3 is 14.8 Å². The van der Waals surface area contributed by atoms with Crippen molar-refractivity contribution in [1.29, 1.82) is 0 Å². The summed E-state index contributed by atoms with van der Waals surface area (Å²) in [6.45, 7) is 3.90. The van der Waals surface area contributed by atoms with E-state index in [4.69, 9.17) is 9.47 Å². The molecule has 2 unspecified atom stereocenters. The van der Waals surface area contributed by atoms with Crippen molar-refractivity contribution in [3.05, 3.63) is 59.7 Å². The van der Waals surface area contributed by atoms with Gasteiger partial charge in [0.25, 0.3) is 0 Å². The Hall–Kier alpha value is -2.42. The number of sulfonamides is 1. The van der Waals surface area contributed by atoms with Crippen LogP contribution in [0.3, 0.4) is 0 Å². The lowest BCUT2D eigenvalue weighted by atomic mass is 10.1. The van der Waals surface area contributed by atoms with Crippen molar-refractivity contribution in [3.8, 4) is 5.75 Å². The fourth-order valence-electron chi connectivity index (χ4n) is 2.92. The first-order valence-corrected chi connectivity index (χ1v) is 10.8. The molecule has 0 aliphatic rings. The maximum atomic E-state index is 13.1. The Bertz CT molecular complexity index is 916. The zero-order valence-corrected chi connectivity index (χ0v) is 18.0. The number of hydrogen-bond donors (Lipinski definition) is 2. The number of ether oxygens (including phenoxy) is 2. The molecule has 2 rings (SSSR count). The molecule has 2 aromatic rings. The van der Waals surface area contributed by atoms with Crippen LogP contribution in [0.2, 0.25) is 0 Å². The lowest BCUT2D eigenvalue weighted by Gasteiger charge is -2.22. The van der Waals surface area contributed by atoms with E-state index in [1.165, 1.54) is 20.3 Å². The highest BCUT2D eigenvalue weighted by Gasteiger charge is 2.29. The largest absolute Gasteiger partial charge is 0.495 e. The van der Waals surface area contributed by atoms with Crippen molar-refractivity contribution in [1.82, 2.24) is 10.0 Å². The number of rotatable bonds is 10. The molecule has 0 radical (unpaired) electrons. The van der Waals surface area contributed by atoms with E-state index in [0.717, 1.165) is 11.1 Å². The summed E-state index contributed by atoms with van der Waals surface area (Å²) in [5.41, 5.74) is 1.61. The van der Waals surface area contributed by atoms with Gasteiger partial charge in [-0.3, -0.25) is 4.79 Å². The first kappa shape index (κ1) is 22.9. The third kappa shape index (κ3) is 6.56. The molecule has 1 amide bonds. The number of methoxy groups -OCH3 is 2. The maximum Gasteiger partial charge on any atom is 0.244 e. The van der Waals surface area contributed by atoms with Gasteiger partial charge in [0.15, 0.2) is 0 Å². The molecule has 0 saturated carbocycles. The molecule has 2 atom stereocenters. The minimum absolute atomic E-state index is 0.00389. The lowest BCUT2D eigenvalue weighted by Crippen LogP contribution is -2.50. The fraction of sp³-hybridized carbons (Fsp3) is 0.381. The summed E-state index contributed by atoms with van der Waals surface area (Å²) in [6.07, 6.45) is 0.208. The Kier molecular flexibility index (Phi) is 8.19. The molecule has 0 fully saturated rings. The molecule has 2 N–H and O–H groups in total. The highest BCUT2D eigenvalue weighted by atomic mass is 32.2. The number of nitrogens with one attached hydrogen (secondary N) is 2. The number of aryl methyl sites for hydroxylation is 1. The molecule has 29 heavy (non-hydrogen) atoms. The van der Waals surface area contributed by atoms with Gasteiger partial charge in [0.05, 0.1) is 13.7 Å². The predicted octanol–water partition coefficient (Wildman–Crippen LogP) is 2.04. The number of carbonyl (C=O) groups is 1. The van der Waals surface area contributed by atoms with Gasteiger partial charge >= 0.3 is 0 Å². The Labute approximate surface area is 172 Å². The molecule has 0 aliphatic heterocycles. The highest BCUT2D eigenvalue weighted by Crippen LogP contribution is 2.25. The molecule has 0 aliphatic carbocycles. The Morgan fingerprint density at radius 3 is 2.41 bits per heavy atom. The van der Waals surface area contributed by atoms with E-state index >= 15 is 0 Å². The molecule has 0 heterocycles. The van der Waals surface area contributed by atoms with E-state index in [9.17, 15) is 13.2 Å². The minimum Gasteiger partial charge on any atom is -0.495 e. The summed E-state index contributed by atoms with van der Waals surface area (Å²) < 4.78 is 39.0. The fourth-order valence-corrected chi connectivity index (χ4v) is 4.37. The second-order valence-electron chi connectivity index (χ2n) is 6.88. The summed E-state index contributed by atoms with van der Waals surface area (Å²) in [5, 5.41) is 2.79. The summed E-state index contributed by atoms with van der Waals surface area (Å²) in [5.74, 6) is -0.205. The van der Waals surface area contributed by atoms with Crippen LogP contribution in [-0.4, -0.2) is 47.2 Å². The van der Waals surface area contributed by atoms with Crippen molar-refractivity contribution in [3.63, 3.8) is 0 Å². The third-order valence-corrected chi connectivity index (χ3v) is 5.80. The summed E-state index contributed by atoms with van der Waals surface area (Å²) in [7, 11) is -1.06. The molecule has 0 spiro atoms. The van der Waals surface area contributed by atoms with Gasteiger partial charge in [0, 0.05) is 13.2 Å². The highest BCUT2D eigenvalue weighted by molar-refractivity contribution is 7.89. The Morgan fingerprint density at radius 1 is 1.10 bits per heavy atom. The maximum absolute atomic E-state index is 13.1. The zero-order valence-electron chi connectivity index (χ0n) is 17.1. The predicted molar refractivity (Wildman–Crippen MR) is 111 cm³/mol. The Morgan fingerprint density at radius 2 is 1.79 bits per heavy atom. The summed E-state index contributed by atoms with van der Waals surface area (Å²) in [4.78, 5) is 12.8. The van der Waals surface area contributed by atoms with Crippen LogP contribution in [-0.2, 0) is 26.0 Å². The second kappa shape index (κ2) is 10.4. The van der Waals surface area contributed by atoms with Gasteiger partial charge in [0.1, 0.15) is 16.7 Å².